The number of hydrogen-bond donors (Lipinski definition) is 2. The van der Waals surface area contributed by atoms with Crippen LogP contribution in [-0.2, 0) is 0 Å². The molecule has 1 heterocycles. The quantitative estimate of drug-likeness (QED) is 0.650. The monoisotopic (exact) mass is 439 g/mol. The Morgan fingerprint density at radius 1 is 1.10 bits per heavy atom. The molecule has 0 unspecified atom stereocenters. The first-order valence-corrected chi connectivity index (χ1v) is 11.1. The molecule has 164 valence electrons. The highest BCUT2D eigenvalue weighted by atomic mass is 32.1. The number of hydrogen-bond acceptors (Lipinski definition) is 4. The topological polar surface area (TPSA) is 70.7 Å². The molecule has 1 aliphatic rings. The third-order valence-electron chi connectivity index (χ3n) is 5.23. The van der Waals surface area contributed by atoms with E-state index in [1.165, 1.54) is 0 Å². The smallest absolute Gasteiger partial charge is 0.257 e. The molecular weight excluding hydrogens is 410 g/mol. The van der Waals surface area contributed by atoms with Crippen LogP contribution >= 0.6 is 12.2 Å². The van der Waals surface area contributed by atoms with Gasteiger partial charge >= 0.3 is 0 Å². The second-order valence-electron chi connectivity index (χ2n) is 7.84. The van der Waals surface area contributed by atoms with Crippen molar-refractivity contribution in [2.75, 3.05) is 25.0 Å². The van der Waals surface area contributed by atoms with Crippen molar-refractivity contribution in [3.8, 4) is 5.75 Å². The average Bonchev–Trinajstić information content (AvgIpc) is 2.78. The number of piperidine rings is 1. The standard InChI is InChI=1S/C24H29N3O3S/c1-3-14-30-21-9-5-6-18(16-21)22(28)26-24(31)25-20-8-4-7-19(15-20)23(29)27-12-10-17(2)11-13-27/h4-9,15-17H,3,10-14H2,1-2H3,(H2,25,26,28,31). The summed E-state index contributed by atoms with van der Waals surface area (Å²) < 4.78 is 5.57. The zero-order chi connectivity index (χ0) is 22.2. The van der Waals surface area contributed by atoms with Gasteiger partial charge in [0.05, 0.1) is 6.61 Å². The number of carbonyl (C=O) groups is 2. The third kappa shape index (κ3) is 6.52. The zero-order valence-electron chi connectivity index (χ0n) is 18.0. The van der Waals surface area contributed by atoms with Crippen LogP contribution in [0.4, 0.5) is 5.69 Å². The van der Waals surface area contributed by atoms with Gasteiger partial charge in [0.15, 0.2) is 5.11 Å². The van der Waals surface area contributed by atoms with Crippen molar-refractivity contribution in [3.63, 3.8) is 0 Å². The molecule has 1 fully saturated rings. The van der Waals surface area contributed by atoms with Crippen LogP contribution in [0.15, 0.2) is 48.5 Å². The molecule has 31 heavy (non-hydrogen) atoms. The number of amides is 2. The van der Waals surface area contributed by atoms with Crippen LogP contribution in [-0.4, -0.2) is 41.5 Å². The molecule has 2 aromatic carbocycles. The summed E-state index contributed by atoms with van der Waals surface area (Å²) >= 11 is 5.29. The van der Waals surface area contributed by atoms with Crippen LogP contribution < -0.4 is 15.4 Å². The second-order valence-corrected chi connectivity index (χ2v) is 8.25. The van der Waals surface area contributed by atoms with Gasteiger partial charge in [-0.1, -0.05) is 26.0 Å². The Morgan fingerprint density at radius 3 is 2.55 bits per heavy atom. The summed E-state index contributed by atoms with van der Waals surface area (Å²) in [6.07, 6.45) is 2.96. The van der Waals surface area contributed by atoms with Gasteiger partial charge in [0.25, 0.3) is 11.8 Å². The van der Waals surface area contributed by atoms with E-state index in [-0.39, 0.29) is 16.9 Å². The first kappa shape index (κ1) is 22.7. The molecule has 6 nitrogen and oxygen atoms in total. The molecule has 2 N–H and O–H groups in total. The fourth-order valence-corrected chi connectivity index (χ4v) is 3.62. The lowest BCUT2D eigenvalue weighted by Gasteiger charge is -2.30. The Hall–Kier alpha value is -2.93. The number of carbonyl (C=O) groups excluding carboxylic acids is 2. The number of benzene rings is 2. The fraction of sp³-hybridized carbons (Fsp3) is 0.375. The van der Waals surface area contributed by atoms with Crippen LogP contribution in [0.3, 0.4) is 0 Å². The Bertz CT molecular complexity index is 939. The lowest BCUT2D eigenvalue weighted by Crippen LogP contribution is -2.38. The van der Waals surface area contributed by atoms with E-state index in [0.717, 1.165) is 32.4 Å². The van der Waals surface area contributed by atoms with E-state index in [0.29, 0.717) is 35.1 Å². The predicted molar refractivity (Wildman–Crippen MR) is 127 cm³/mol. The SMILES string of the molecule is CCCOc1cccc(C(=O)NC(=S)Nc2cccc(C(=O)N3CCC(C)CC3)c2)c1. The maximum Gasteiger partial charge on any atom is 0.257 e. The number of thiocarbonyl (C=S) groups is 1. The molecular formula is C24H29N3O3S. The first-order chi connectivity index (χ1) is 15.0. The number of ether oxygens (including phenoxy) is 1. The summed E-state index contributed by atoms with van der Waals surface area (Å²) in [5.41, 5.74) is 1.72. The highest BCUT2D eigenvalue weighted by Gasteiger charge is 2.21. The minimum atomic E-state index is -0.325. The Morgan fingerprint density at radius 2 is 1.81 bits per heavy atom. The van der Waals surface area contributed by atoms with Gasteiger partial charge < -0.3 is 15.0 Å². The van der Waals surface area contributed by atoms with Gasteiger partial charge in [0.2, 0.25) is 0 Å². The number of nitrogens with one attached hydrogen (secondary N) is 2. The molecule has 2 aromatic rings. The molecule has 0 aliphatic carbocycles. The summed E-state index contributed by atoms with van der Waals surface area (Å²) in [6, 6.07) is 14.2. The highest BCUT2D eigenvalue weighted by molar-refractivity contribution is 7.80. The minimum absolute atomic E-state index is 0.0226. The van der Waals surface area contributed by atoms with Crippen molar-refractivity contribution in [1.82, 2.24) is 10.2 Å². The summed E-state index contributed by atoms with van der Waals surface area (Å²) in [4.78, 5) is 27.2. The van der Waals surface area contributed by atoms with E-state index < -0.39 is 0 Å². The lowest BCUT2D eigenvalue weighted by atomic mass is 9.98. The Balaban J connectivity index is 1.59. The van der Waals surface area contributed by atoms with E-state index in [2.05, 4.69) is 17.6 Å². The zero-order valence-corrected chi connectivity index (χ0v) is 18.8. The van der Waals surface area contributed by atoms with Gasteiger partial charge in [-0.05, 0) is 73.8 Å². The number of anilines is 1. The van der Waals surface area contributed by atoms with Crippen LogP contribution in [0.25, 0.3) is 0 Å². The minimum Gasteiger partial charge on any atom is -0.494 e. The molecule has 0 bridgehead atoms. The largest absolute Gasteiger partial charge is 0.494 e. The maximum absolute atomic E-state index is 12.8. The van der Waals surface area contributed by atoms with Crippen molar-refractivity contribution in [3.05, 3.63) is 59.7 Å². The van der Waals surface area contributed by atoms with Crippen LogP contribution in [0.1, 0.15) is 53.8 Å². The summed E-state index contributed by atoms with van der Waals surface area (Å²) in [5.74, 6) is 1.01. The predicted octanol–water partition coefficient (Wildman–Crippen LogP) is 4.47. The summed E-state index contributed by atoms with van der Waals surface area (Å²) in [6.45, 7) is 6.41. The van der Waals surface area contributed by atoms with E-state index in [4.69, 9.17) is 17.0 Å². The maximum atomic E-state index is 12.8. The summed E-state index contributed by atoms with van der Waals surface area (Å²) in [5, 5.41) is 5.84. The number of likely N-dealkylation sites (tertiary alicyclic amines) is 1. The third-order valence-corrected chi connectivity index (χ3v) is 5.44. The lowest BCUT2D eigenvalue weighted by molar-refractivity contribution is 0.0697. The second kappa shape index (κ2) is 10.9. The average molecular weight is 440 g/mol. The van der Waals surface area contributed by atoms with Crippen LogP contribution in [0.5, 0.6) is 5.75 Å². The molecule has 1 aliphatic heterocycles. The van der Waals surface area contributed by atoms with Crippen LogP contribution in [0.2, 0.25) is 0 Å². The molecule has 0 atom stereocenters. The van der Waals surface area contributed by atoms with Crippen molar-refractivity contribution in [2.45, 2.75) is 33.1 Å². The van der Waals surface area contributed by atoms with E-state index in [1.54, 1.807) is 36.4 Å². The Kier molecular flexibility index (Phi) is 8.00. The van der Waals surface area contributed by atoms with Crippen molar-refractivity contribution < 1.29 is 14.3 Å². The number of nitrogens with zero attached hydrogens (tertiary/aromatic N) is 1. The van der Waals surface area contributed by atoms with Crippen LogP contribution in [0, 0.1) is 5.92 Å². The molecule has 2 amide bonds. The molecule has 7 heteroatoms. The summed E-state index contributed by atoms with van der Waals surface area (Å²) in [7, 11) is 0. The van der Waals surface area contributed by atoms with E-state index in [9.17, 15) is 9.59 Å². The van der Waals surface area contributed by atoms with Crippen molar-refractivity contribution in [2.24, 2.45) is 5.92 Å². The van der Waals surface area contributed by atoms with Gasteiger partial charge in [0, 0.05) is 29.9 Å². The van der Waals surface area contributed by atoms with Crippen molar-refractivity contribution >= 4 is 34.8 Å². The first-order valence-electron chi connectivity index (χ1n) is 10.7. The van der Waals surface area contributed by atoms with Crippen molar-refractivity contribution in [1.29, 1.82) is 0 Å². The van der Waals surface area contributed by atoms with Gasteiger partial charge in [0.1, 0.15) is 5.75 Å². The van der Waals surface area contributed by atoms with Gasteiger partial charge in [-0.3, -0.25) is 14.9 Å². The molecule has 0 saturated carbocycles. The molecule has 0 radical (unpaired) electrons. The molecule has 0 aromatic heterocycles. The number of rotatable bonds is 6. The molecule has 3 rings (SSSR count). The van der Waals surface area contributed by atoms with E-state index in [1.807, 2.05) is 24.0 Å². The highest BCUT2D eigenvalue weighted by Crippen LogP contribution is 2.20. The van der Waals surface area contributed by atoms with Gasteiger partial charge in [-0.15, -0.1) is 0 Å². The molecule has 1 saturated heterocycles. The fourth-order valence-electron chi connectivity index (χ4n) is 3.41. The van der Waals surface area contributed by atoms with Gasteiger partial charge in [-0.25, -0.2) is 0 Å². The Labute approximate surface area is 189 Å². The van der Waals surface area contributed by atoms with Gasteiger partial charge in [-0.2, -0.15) is 0 Å². The normalized spacial score (nSPS) is 14.1. The molecule has 0 spiro atoms. The van der Waals surface area contributed by atoms with E-state index >= 15 is 0 Å².